The van der Waals surface area contributed by atoms with Gasteiger partial charge in [-0.05, 0) is 57.1 Å². The fraction of sp³-hybridized carbons (Fsp3) is 0.241. The molecule has 1 aliphatic heterocycles. The first-order chi connectivity index (χ1) is 18.0. The Labute approximate surface area is 220 Å². The standard InChI is InChI=1S/C29H27ClN4O3/c1-19-6-5-9-22(16-19)28-32-26(37-33-28)18-34-14-12-21(13-15-34)29(36)31-25-11-10-23(30)17-24(25)27(35)20-7-3-2-4-8-20/h2-11,16-17,21H,12-15,18H2,1H3,(H,31,36). The van der Waals surface area contributed by atoms with Crippen LogP contribution in [0.3, 0.4) is 0 Å². The summed E-state index contributed by atoms with van der Waals surface area (Å²) in [6.45, 7) is 4.03. The van der Waals surface area contributed by atoms with Gasteiger partial charge in [-0.15, -0.1) is 0 Å². The molecule has 37 heavy (non-hydrogen) atoms. The molecule has 0 aliphatic carbocycles. The maximum Gasteiger partial charge on any atom is 0.241 e. The third-order valence-corrected chi connectivity index (χ3v) is 6.82. The van der Waals surface area contributed by atoms with Crippen LogP contribution < -0.4 is 5.32 Å². The predicted octanol–water partition coefficient (Wildman–Crippen LogP) is 5.78. The Morgan fingerprint density at radius 3 is 2.57 bits per heavy atom. The molecule has 0 bridgehead atoms. The van der Waals surface area contributed by atoms with Crippen molar-refractivity contribution >= 4 is 29.0 Å². The number of nitrogens with zero attached hydrogens (tertiary/aromatic N) is 3. The van der Waals surface area contributed by atoms with E-state index < -0.39 is 0 Å². The molecule has 1 amide bonds. The largest absolute Gasteiger partial charge is 0.338 e. The summed E-state index contributed by atoms with van der Waals surface area (Å²) >= 11 is 6.17. The van der Waals surface area contributed by atoms with Gasteiger partial charge in [0.15, 0.2) is 5.78 Å². The lowest BCUT2D eigenvalue weighted by Crippen LogP contribution is -2.38. The number of hydrogen-bond donors (Lipinski definition) is 1. The summed E-state index contributed by atoms with van der Waals surface area (Å²) in [6, 6.07) is 21.9. The molecule has 1 aliphatic rings. The number of anilines is 1. The van der Waals surface area contributed by atoms with E-state index in [0.717, 1.165) is 24.2 Å². The average molecular weight is 515 g/mol. The van der Waals surface area contributed by atoms with Crippen molar-refractivity contribution in [2.24, 2.45) is 5.92 Å². The Kier molecular flexibility index (Phi) is 7.44. The highest BCUT2D eigenvalue weighted by Gasteiger charge is 2.27. The van der Waals surface area contributed by atoms with Crippen LogP contribution in [-0.2, 0) is 11.3 Å². The summed E-state index contributed by atoms with van der Waals surface area (Å²) in [5, 5.41) is 7.53. The SMILES string of the molecule is Cc1cccc(-c2noc(CN3CCC(C(=O)Nc4ccc(Cl)cc4C(=O)c4ccccc4)CC3)n2)c1. The second-order valence-corrected chi connectivity index (χ2v) is 9.74. The van der Waals surface area contributed by atoms with Gasteiger partial charge in [0, 0.05) is 27.6 Å². The molecule has 1 saturated heterocycles. The summed E-state index contributed by atoms with van der Waals surface area (Å²) in [5.74, 6) is 0.708. The van der Waals surface area contributed by atoms with Crippen LogP contribution in [0.15, 0.2) is 77.3 Å². The first-order valence-corrected chi connectivity index (χ1v) is 12.7. The normalized spacial score (nSPS) is 14.4. The first kappa shape index (κ1) is 24.9. The molecule has 4 aromatic rings. The number of rotatable bonds is 7. The van der Waals surface area contributed by atoms with E-state index in [9.17, 15) is 9.59 Å². The summed E-state index contributed by atoms with van der Waals surface area (Å²) in [5.41, 5.74) is 3.46. The van der Waals surface area contributed by atoms with Crippen LogP contribution in [0.5, 0.6) is 0 Å². The minimum Gasteiger partial charge on any atom is -0.338 e. The van der Waals surface area contributed by atoms with Crippen LogP contribution in [0.25, 0.3) is 11.4 Å². The third kappa shape index (κ3) is 5.96. The van der Waals surface area contributed by atoms with Gasteiger partial charge in [0.1, 0.15) is 0 Å². The molecule has 3 aromatic carbocycles. The summed E-state index contributed by atoms with van der Waals surface area (Å²) in [7, 11) is 0. The lowest BCUT2D eigenvalue weighted by atomic mass is 9.95. The molecule has 8 heteroatoms. The number of halogens is 1. The highest BCUT2D eigenvalue weighted by atomic mass is 35.5. The van der Waals surface area contributed by atoms with Crippen molar-refractivity contribution in [1.82, 2.24) is 15.0 Å². The molecule has 0 radical (unpaired) electrons. The Hall–Kier alpha value is -3.81. The van der Waals surface area contributed by atoms with Crippen LogP contribution >= 0.6 is 11.6 Å². The third-order valence-electron chi connectivity index (χ3n) is 6.58. The molecular formula is C29H27ClN4O3. The number of nitrogens with one attached hydrogen (secondary N) is 1. The number of carbonyl (C=O) groups excluding carboxylic acids is 2. The molecule has 0 saturated carbocycles. The van der Waals surface area contributed by atoms with Crippen LogP contribution in [0.4, 0.5) is 5.69 Å². The summed E-state index contributed by atoms with van der Waals surface area (Å²) in [4.78, 5) is 32.9. The fourth-order valence-electron chi connectivity index (χ4n) is 4.56. The number of piperidine rings is 1. The van der Waals surface area contributed by atoms with E-state index in [0.29, 0.717) is 52.9 Å². The van der Waals surface area contributed by atoms with Crippen molar-refractivity contribution in [3.63, 3.8) is 0 Å². The Bertz CT molecular complexity index is 1410. The number of likely N-dealkylation sites (tertiary alicyclic amines) is 1. The van der Waals surface area contributed by atoms with E-state index in [4.69, 9.17) is 16.1 Å². The molecule has 5 rings (SSSR count). The second-order valence-electron chi connectivity index (χ2n) is 9.31. The first-order valence-electron chi connectivity index (χ1n) is 12.3. The molecule has 2 heterocycles. The van der Waals surface area contributed by atoms with Crippen LogP contribution in [0.2, 0.25) is 5.02 Å². The Morgan fingerprint density at radius 1 is 1.03 bits per heavy atom. The van der Waals surface area contributed by atoms with E-state index in [-0.39, 0.29) is 17.6 Å². The maximum atomic E-state index is 13.1. The Balaban J connectivity index is 1.19. The Morgan fingerprint density at radius 2 is 1.81 bits per heavy atom. The van der Waals surface area contributed by atoms with E-state index in [2.05, 4.69) is 20.4 Å². The molecule has 0 spiro atoms. The van der Waals surface area contributed by atoms with Crippen molar-refractivity contribution in [3.8, 4) is 11.4 Å². The zero-order valence-electron chi connectivity index (χ0n) is 20.5. The van der Waals surface area contributed by atoms with Gasteiger partial charge in [0.05, 0.1) is 12.2 Å². The zero-order chi connectivity index (χ0) is 25.8. The second kappa shape index (κ2) is 11.1. The molecule has 1 fully saturated rings. The van der Waals surface area contributed by atoms with E-state index >= 15 is 0 Å². The number of benzene rings is 3. The average Bonchev–Trinajstić information content (AvgIpc) is 3.39. The van der Waals surface area contributed by atoms with Crippen molar-refractivity contribution in [2.75, 3.05) is 18.4 Å². The lowest BCUT2D eigenvalue weighted by molar-refractivity contribution is -0.121. The number of amides is 1. The number of aromatic nitrogens is 2. The molecule has 188 valence electrons. The van der Waals surface area contributed by atoms with Gasteiger partial charge in [0.25, 0.3) is 0 Å². The van der Waals surface area contributed by atoms with Gasteiger partial charge in [0.2, 0.25) is 17.6 Å². The monoisotopic (exact) mass is 514 g/mol. The summed E-state index contributed by atoms with van der Waals surface area (Å²) in [6.07, 6.45) is 1.39. The number of ketones is 1. The smallest absolute Gasteiger partial charge is 0.241 e. The van der Waals surface area contributed by atoms with Crippen molar-refractivity contribution < 1.29 is 14.1 Å². The van der Waals surface area contributed by atoms with E-state index in [1.165, 1.54) is 0 Å². The lowest BCUT2D eigenvalue weighted by Gasteiger charge is -2.30. The van der Waals surface area contributed by atoms with Gasteiger partial charge in [-0.25, -0.2) is 0 Å². The quantitative estimate of drug-likeness (QED) is 0.314. The van der Waals surface area contributed by atoms with E-state index in [1.54, 1.807) is 30.3 Å². The van der Waals surface area contributed by atoms with Gasteiger partial charge in [-0.3, -0.25) is 14.5 Å². The van der Waals surface area contributed by atoms with Crippen molar-refractivity contribution in [1.29, 1.82) is 0 Å². The van der Waals surface area contributed by atoms with E-state index in [1.807, 2.05) is 49.4 Å². The zero-order valence-corrected chi connectivity index (χ0v) is 21.2. The number of hydrogen-bond acceptors (Lipinski definition) is 6. The molecule has 0 atom stereocenters. The van der Waals surface area contributed by atoms with Crippen molar-refractivity contribution in [3.05, 3.63) is 100 Å². The van der Waals surface area contributed by atoms with Crippen LogP contribution in [0.1, 0.15) is 40.2 Å². The highest BCUT2D eigenvalue weighted by Crippen LogP contribution is 2.27. The number of carbonyl (C=O) groups is 2. The number of aryl methyl sites for hydroxylation is 1. The summed E-state index contributed by atoms with van der Waals surface area (Å²) < 4.78 is 5.47. The minimum absolute atomic E-state index is 0.0939. The molecule has 1 aromatic heterocycles. The van der Waals surface area contributed by atoms with Gasteiger partial charge >= 0.3 is 0 Å². The van der Waals surface area contributed by atoms with Crippen molar-refractivity contribution in [2.45, 2.75) is 26.3 Å². The molecular weight excluding hydrogens is 488 g/mol. The van der Waals surface area contributed by atoms with Gasteiger partial charge in [-0.1, -0.05) is 70.9 Å². The maximum absolute atomic E-state index is 13.1. The highest BCUT2D eigenvalue weighted by molar-refractivity contribution is 6.31. The molecule has 7 nitrogen and oxygen atoms in total. The predicted molar refractivity (Wildman–Crippen MR) is 142 cm³/mol. The minimum atomic E-state index is -0.183. The van der Waals surface area contributed by atoms with Crippen LogP contribution in [-0.4, -0.2) is 39.8 Å². The molecule has 0 unspecified atom stereocenters. The van der Waals surface area contributed by atoms with Gasteiger partial charge < -0.3 is 9.84 Å². The van der Waals surface area contributed by atoms with Gasteiger partial charge in [-0.2, -0.15) is 4.98 Å². The topological polar surface area (TPSA) is 88.3 Å². The molecule has 1 N–H and O–H groups in total. The van der Waals surface area contributed by atoms with Crippen LogP contribution in [0, 0.1) is 12.8 Å². The fourth-order valence-corrected chi connectivity index (χ4v) is 4.73.